The van der Waals surface area contributed by atoms with Crippen LogP contribution in [0.3, 0.4) is 0 Å². The van der Waals surface area contributed by atoms with Crippen molar-refractivity contribution in [3.8, 4) is 0 Å². The second-order valence-corrected chi connectivity index (χ2v) is 4.16. The Hall–Kier alpha value is -1.62. The van der Waals surface area contributed by atoms with E-state index in [1.807, 2.05) is 19.9 Å². The Labute approximate surface area is 111 Å². The van der Waals surface area contributed by atoms with Crippen LogP contribution in [0.4, 0.5) is 11.6 Å². The van der Waals surface area contributed by atoms with E-state index in [9.17, 15) is 0 Å². The SMILES string of the molecule is CC.Clc1nccc(Nc2cc(C3CC3)[nH]n2)n1. The van der Waals surface area contributed by atoms with Gasteiger partial charge in [0.15, 0.2) is 5.82 Å². The van der Waals surface area contributed by atoms with Crippen LogP contribution in [0.1, 0.15) is 38.3 Å². The van der Waals surface area contributed by atoms with E-state index in [0.29, 0.717) is 11.7 Å². The maximum atomic E-state index is 5.69. The molecule has 2 N–H and O–H groups in total. The zero-order chi connectivity index (χ0) is 13.0. The maximum absolute atomic E-state index is 5.69. The predicted molar refractivity (Wildman–Crippen MR) is 72.2 cm³/mol. The molecule has 0 saturated heterocycles. The van der Waals surface area contributed by atoms with Gasteiger partial charge in [-0.15, -0.1) is 0 Å². The number of aromatic amines is 1. The fourth-order valence-corrected chi connectivity index (χ4v) is 1.69. The summed E-state index contributed by atoms with van der Waals surface area (Å²) < 4.78 is 0. The molecule has 0 unspecified atom stereocenters. The highest BCUT2D eigenvalue weighted by atomic mass is 35.5. The Kier molecular flexibility index (Phi) is 4.15. The van der Waals surface area contributed by atoms with Gasteiger partial charge < -0.3 is 5.32 Å². The van der Waals surface area contributed by atoms with E-state index in [1.165, 1.54) is 18.5 Å². The number of rotatable bonds is 3. The van der Waals surface area contributed by atoms with E-state index in [-0.39, 0.29) is 5.28 Å². The molecule has 96 valence electrons. The number of hydrogen-bond acceptors (Lipinski definition) is 4. The fourth-order valence-electron chi connectivity index (χ4n) is 1.54. The average Bonchev–Trinajstić information content (AvgIpc) is 3.13. The zero-order valence-electron chi connectivity index (χ0n) is 10.4. The molecule has 0 bridgehead atoms. The number of hydrogen-bond donors (Lipinski definition) is 2. The molecule has 0 atom stereocenters. The molecule has 0 radical (unpaired) electrons. The summed E-state index contributed by atoms with van der Waals surface area (Å²) in [5.41, 5.74) is 1.18. The molecule has 0 spiro atoms. The molecular weight excluding hydrogens is 250 g/mol. The number of nitrogens with one attached hydrogen (secondary N) is 2. The molecule has 0 amide bonds. The summed E-state index contributed by atoms with van der Waals surface area (Å²) in [6, 6.07) is 3.75. The molecule has 2 aromatic rings. The minimum atomic E-state index is 0.225. The number of halogens is 1. The highest BCUT2D eigenvalue weighted by Gasteiger charge is 2.25. The number of aromatic nitrogens is 4. The van der Waals surface area contributed by atoms with Crippen LogP contribution >= 0.6 is 11.6 Å². The summed E-state index contributed by atoms with van der Waals surface area (Å²) in [6.07, 6.45) is 4.11. The van der Waals surface area contributed by atoms with Crippen molar-refractivity contribution in [2.75, 3.05) is 5.32 Å². The lowest BCUT2D eigenvalue weighted by Crippen LogP contribution is -1.94. The lowest BCUT2D eigenvalue weighted by molar-refractivity contribution is 0.966. The third-order valence-corrected chi connectivity index (χ3v) is 2.68. The summed E-state index contributed by atoms with van der Waals surface area (Å²) >= 11 is 5.69. The molecule has 1 aliphatic carbocycles. The van der Waals surface area contributed by atoms with Crippen LogP contribution in [0.15, 0.2) is 18.3 Å². The molecule has 2 aromatic heterocycles. The van der Waals surface area contributed by atoms with Gasteiger partial charge in [0.25, 0.3) is 0 Å². The molecule has 2 heterocycles. The average molecular weight is 266 g/mol. The van der Waals surface area contributed by atoms with Gasteiger partial charge in [-0.2, -0.15) is 5.10 Å². The smallest absolute Gasteiger partial charge is 0.224 e. The largest absolute Gasteiger partial charge is 0.323 e. The first-order valence-electron chi connectivity index (χ1n) is 6.12. The fraction of sp³-hybridized carbons (Fsp3) is 0.417. The van der Waals surface area contributed by atoms with Gasteiger partial charge >= 0.3 is 0 Å². The van der Waals surface area contributed by atoms with Crippen LogP contribution < -0.4 is 5.32 Å². The van der Waals surface area contributed by atoms with Crippen molar-refractivity contribution in [2.45, 2.75) is 32.6 Å². The Bertz CT molecular complexity index is 507. The Balaban J connectivity index is 0.000000574. The van der Waals surface area contributed by atoms with Gasteiger partial charge in [0, 0.05) is 23.9 Å². The third kappa shape index (κ3) is 3.20. The molecule has 1 fully saturated rings. The molecule has 0 aromatic carbocycles. The highest BCUT2D eigenvalue weighted by molar-refractivity contribution is 6.28. The number of anilines is 2. The molecule has 0 aliphatic heterocycles. The summed E-state index contributed by atoms with van der Waals surface area (Å²) in [6.45, 7) is 4.00. The third-order valence-electron chi connectivity index (χ3n) is 2.50. The Morgan fingerprint density at radius 2 is 2.11 bits per heavy atom. The van der Waals surface area contributed by atoms with Gasteiger partial charge in [-0.3, -0.25) is 5.10 Å². The van der Waals surface area contributed by atoms with Gasteiger partial charge in [0.05, 0.1) is 0 Å². The van der Waals surface area contributed by atoms with Gasteiger partial charge in [0.2, 0.25) is 5.28 Å². The predicted octanol–water partition coefficient (Wildman–Crippen LogP) is 3.50. The van der Waals surface area contributed by atoms with Crippen LogP contribution in [-0.2, 0) is 0 Å². The first-order chi connectivity index (χ1) is 8.81. The maximum Gasteiger partial charge on any atom is 0.224 e. The molecule has 5 nitrogen and oxygen atoms in total. The zero-order valence-corrected chi connectivity index (χ0v) is 11.2. The lowest BCUT2D eigenvalue weighted by atomic mass is 10.3. The number of nitrogens with zero attached hydrogens (tertiary/aromatic N) is 3. The van der Waals surface area contributed by atoms with Gasteiger partial charge in [0.1, 0.15) is 5.82 Å². The van der Waals surface area contributed by atoms with E-state index < -0.39 is 0 Å². The molecule has 1 saturated carbocycles. The second-order valence-electron chi connectivity index (χ2n) is 3.82. The van der Waals surface area contributed by atoms with E-state index in [4.69, 9.17) is 11.6 Å². The first-order valence-corrected chi connectivity index (χ1v) is 6.50. The molecule has 18 heavy (non-hydrogen) atoms. The van der Waals surface area contributed by atoms with Crippen molar-refractivity contribution in [1.82, 2.24) is 20.2 Å². The molecule has 1 aliphatic rings. The highest BCUT2D eigenvalue weighted by Crippen LogP contribution is 2.39. The Morgan fingerprint density at radius 1 is 1.33 bits per heavy atom. The van der Waals surface area contributed by atoms with Crippen LogP contribution in [-0.4, -0.2) is 20.2 Å². The van der Waals surface area contributed by atoms with E-state index >= 15 is 0 Å². The topological polar surface area (TPSA) is 66.5 Å². The van der Waals surface area contributed by atoms with Gasteiger partial charge in [-0.1, -0.05) is 13.8 Å². The minimum Gasteiger partial charge on any atom is -0.323 e. The second kappa shape index (κ2) is 5.82. The molecular formula is C12H16ClN5. The molecule has 3 rings (SSSR count). The van der Waals surface area contributed by atoms with Gasteiger partial charge in [-0.25, -0.2) is 9.97 Å². The van der Waals surface area contributed by atoms with Crippen LogP contribution in [0.25, 0.3) is 0 Å². The van der Waals surface area contributed by atoms with Crippen molar-refractivity contribution >= 4 is 23.2 Å². The van der Waals surface area contributed by atoms with Crippen molar-refractivity contribution in [2.24, 2.45) is 0 Å². The van der Waals surface area contributed by atoms with E-state index in [2.05, 4.69) is 25.5 Å². The van der Waals surface area contributed by atoms with Crippen LogP contribution in [0.5, 0.6) is 0 Å². The van der Waals surface area contributed by atoms with E-state index in [1.54, 1.807) is 12.3 Å². The summed E-state index contributed by atoms with van der Waals surface area (Å²) in [7, 11) is 0. The summed E-state index contributed by atoms with van der Waals surface area (Å²) in [4.78, 5) is 7.84. The summed E-state index contributed by atoms with van der Waals surface area (Å²) in [5, 5.41) is 10.5. The Morgan fingerprint density at radius 3 is 2.78 bits per heavy atom. The van der Waals surface area contributed by atoms with Crippen molar-refractivity contribution in [1.29, 1.82) is 0 Å². The standard InChI is InChI=1S/C10H10ClN5.C2H6/c11-10-12-4-3-8(14-10)13-9-5-7(15-16-9)6-1-2-6;1-2/h3-6H,1-2H2,(H2,12,13,14,15,16);1-2H3. The van der Waals surface area contributed by atoms with Crippen molar-refractivity contribution < 1.29 is 0 Å². The van der Waals surface area contributed by atoms with Crippen molar-refractivity contribution in [3.05, 3.63) is 29.3 Å². The quantitative estimate of drug-likeness (QED) is 0.834. The first kappa shape index (κ1) is 12.8. The monoisotopic (exact) mass is 265 g/mol. The summed E-state index contributed by atoms with van der Waals surface area (Å²) in [5.74, 6) is 2.07. The minimum absolute atomic E-state index is 0.225. The lowest BCUT2D eigenvalue weighted by Gasteiger charge is -1.99. The number of H-pyrrole nitrogens is 1. The van der Waals surface area contributed by atoms with Crippen LogP contribution in [0.2, 0.25) is 5.28 Å². The van der Waals surface area contributed by atoms with Crippen molar-refractivity contribution in [3.63, 3.8) is 0 Å². The normalized spacial score (nSPS) is 13.7. The molecule has 6 heteroatoms. The van der Waals surface area contributed by atoms with Crippen LogP contribution in [0, 0.1) is 0 Å². The van der Waals surface area contributed by atoms with E-state index in [0.717, 1.165) is 5.82 Å². The van der Waals surface area contributed by atoms with Gasteiger partial charge in [-0.05, 0) is 30.5 Å².